The van der Waals surface area contributed by atoms with Crippen LogP contribution >= 0.6 is 0 Å². The molecule has 4 nitrogen and oxygen atoms in total. The minimum atomic E-state index is -2.42. The van der Waals surface area contributed by atoms with Gasteiger partial charge in [0.2, 0.25) is 0 Å². The number of aliphatic carboxylic acids is 1. The van der Waals surface area contributed by atoms with Gasteiger partial charge in [0.25, 0.3) is 5.97 Å². The third-order valence-corrected chi connectivity index (χ3v) is 0. The first-order chi connectivity index (χ1) is 3.15. The second-order valence-corrected chi connectivity index (χ2v) is 1.13. The van der Waals surface area contributed by atoms with E-state index in [1.807, 2.05) is 0 Å². The van der Waals surface area contributed by atoms with Crippen molar-refractivity contribution in [2.45, 2.75) is 6.92 Å². The Morgan fingerprint density at radius 2 is 1.57 bits per heavy atom. The van der Waals surface area contributed by atoms with Crippen LogP contribution in [0, 0.1) is 37.8 Å². The molecular formula is C2H4CeO4. The molecular weight excluding hydrogens is 228 g/mol. The molecule has 0 aromatic carbocycles. The molecule has 0 bridgehead atoms. The van der Waals surface area contributed by atoms with Gasteiger partial charge in [-0.1, -0.05) is 0 Å². The monoisotopic (exact) mass is 232 g/mol. The van der Waals surface area contributed by atoms with Gasteiger partial charge in [0.15, 0.2) is 0 Å². The van der Waals surface area contributed by atoms with Gasteiger partial charge in [0, 0.05) is 6.92 Å². The van der Waals surface area contributed by atoms with Gasteiger partial charge >= 0.3 is 39.7 Å². The average Bonchev–Trinajstić information content (AvgIpc) is 1.33. The summed E-state index contributed by atoms with van der Waals surface area (Å²) < 4.78 is 17.1. The molecule has 1 N–H and O–H groups in total. The van der Waals surface area contributed by atoms with Gasteiger partial charge < -0.3 is 5.11 Å². The van der Waals surface area contributed by atoms with Crippen LogP contribution in [0.25, 0.3) is 0 Å². The van der Waals surface area contributed by atoms with Crippen molar-refractivity contribution in [3.05, 3.63) is 0 Å². The Morgan fingerprint density at radius 1 is 1.57 bits per heavy atom. The van der Waals surface area contributed by atoms with Crippen LogP contribution in [-0.4, -0.2) is 11.1 Å². The summed E-state index contributed by atoms with van der Waals surface area (Å²) >= 11 is -2.42. The molecule has 0 unspecified atom stereocenters. The van der Waals surface area contributed by atoms with E-state index in [9.17, 15) is 0 Å². The van der Waals surface area contributed by atoms with Gasteiger partial charge in [-0.15, -0.1) is 0 Å². The van der Waals surface area contributed by atoms with Crippen LogP contribution in [-0.2, 0) is 6.67 Å². The molecule has 0 aromatic rings. The standard InChI is InChI=1S/C2H4O2.Ce.2O/c1-2(3)4;;;/h1H3,(H,3,4);;;. The van der Waals surface area contributed by atoms with Crippen molar-refractivity contribution >= 4 is 5.97 Å². The Hall–Kier alpha value is 0.447. The Kier molecular flexibility index (Phi) is 14.4. The number of carbonyl (C=O) groups is 1. The molecule has 5 heteroatoms. The zero-order chi connectivity index (χ0) is 6.28. The summed E-state index contributed by atoms with van der Waals surface area (Å²) in [6.07, 6.45) is 0. The first kappa shape index (κ1) is 10.4. The fourth-order valence-electron chi connectivity index (χ4n) is 0. The zero-order valence-electron chi connectivity index (χ0n) is 3.67. The predicted molar refractivity (Wildman–Crippen MR) is 14.7 cm³/mol. The van der Waals surface area contributed by atoms with Crippen molar-refractivity contribution in [2.24, 2.45) is 0 Å². The van der Waals surface area contributed by atoms with Gasteiger partial charge in [-0.3, -0.25) is 4.79 Å². The predicted octanol–water partition coefficient (Wildman–Crippen LogP) is -0.147. The molecule has 7 heavy (non-hydrogen) atoms. The third kappa shape index (κ3) is 639. The summed E-state index contributed by atoms with van der Waals surface area (Å²) in [5.74, 6) is -0.833. The number of hydrogen-bond acceptors (Lipinski definition) is 3. The average molecular weight is 232 g/mol. The number of carboxylic acids is 1. The van der Waals surface area contributed by atoms with Crippen LogP contribution in [0.3, 0.4) is 0 Å². The van der Waals surface area contributed by atoms with E-state index in [1.54, 1.807) is 0 Å². The van der Waals surface area contributed by atoms with Crippen LogP contribution in [0.15, 0.2) is 0 Å². The number of carboxylic acid groups (broad SMARTS) is 1. The van der Waals surface area contributed by atoms with E-state index in [0.717, 1.165) is 6.92 Å². The second-order valence-electron chi connectivity index (χ2n) is 0.602. The molecule has 0 saturated carbocycles. The molecule has 0 aliphatic carbocycles. The zero-order valence-corrected chi connectivity index (χ0v) is 6.81. The van der Waals surface area contributed by atoms with Crippen LogP contribution < -0.4 is 0 Å². The number of rotatable bonds is 0. The van der Waals surface area contributed by atoms with Crippen molar-refractivity contribution in [2.75, 3.05) is 0 Å². The third-order valence-electron chi connectivity index (χ3n) is 0. The van der Waals surface area contributed by atoms with Gasteiger partial charge in [0.05, 0.1) is 0 Å². The molecule has 0 fully saturated rings. The summed E-state index contributed by atoms with van der Waals surface area (Å²) in [7, 11) is 0. The SMILES string of the molecule is CC(=O)O.[O]=[Ce]=[O]. The maximum atomic E-state index is 9.00. The molecule has 0 saturated heterocycles. The summed E-state index contributed by atoms with van der Waals surface area (Å²) in [5, 5.41) is 7.42. The Labute approximate surface area is 61.9 Å². The first-order valence-electron chi connectivity index (χ1n) is 1.34. The molecule has 0 atom stereocenters. The molecule has 0 rings (SSSR count). The Bertz CT molecular complexity index is 77.7. The minimum absolute atomic E-state index is 0.833. The number of hydrogen-bond donors (Lipinski definition) is 1. The molecule has 0 aromatic heterocycles. The van der Waals surface area contributed by atoms with E-state index in [0.29, 0.717) is 0 Å². The summed E-state index contributed by atoms with van der Waals surface area (Å²) in [5.41, 5.74) is 0. The molecule has 0 spiro atoms. The molecule has 0 radical (unpaired) electrons. The van der Waals surface area contributed by atoms with E-state index < -0.39 is 43.8 Å². The first-order valence-corrected chi connectivity index (χ1v) is 3.90. The molecule has 0 aliphatic rings. The second kappa shape index (κ2) is 9.67. The Balaban J connectivity index is 0. The van der Waals surface area contributed by atoms with Crippen molar-refractivity contribution in [3.63, 3.8) is 0 Å². The van der Waals surface area contributed by atoms with Crippen molar-refractivity contribution in [3.8, 4) is 0 Å². The summed E-state index contributed by atoms with van der Waals surface area (Å²) in [4.78, 5) is 9.00. The van der Waals surface area contributed by atoms with Crippen LogP contribution in [0.1, 0.15) is 6.92 Å². The van der Waals surface area contributed by atoms with E-state index >= 15 is 0 Å². The van der Waals surface area contributed by atoms with Crippen LogP contribution in [0.4, 0.5) is 0 Å². The van der Waals surface area contributed by atoms with E-state index in [4.69, 9.17) is 11.8 Å². The van der Waals surface area contributed by atoms with E-state index in [-0.39, 0.29) is 0 Å². The van der Waals surface area contributed by atoms with Gasteiger partial charge in [0.1, 0.15) is 0 Å². The summed E-state index contributed by atoms with van der Waals surface area (Å²) in [6.45, 7) is 1.08. The Morgan fingerprint density at radius 3 is 1.57 bits per heavy atom. The van der Waals surface area contributed by atoms with E-state index in [2.05, 4.69) is 0 Å². The quantitative estimate of drug-likeness (QED) is 0.630. The van der Waals surface area contributed by atoms with Crippen molar-refractivity contribution in [1.29, 1.82) is 0 Å². The fourth-order valence-corrected chi connectivity index (χ4v) is 0. The van der Waals surface area contributed by atoms with Crippen LogP contribution in [0.5, 0.6) is 0 Å². The van der Waals surface area contributed by atoms with E-state index in [1.165, 1.54) is 0 Å². The van der Waals surface area contributed by atoms with Crippen molar-refractivity contribution < 1.29 is 49.6 Å². The maximum absolute atomic E-state index is 9.00. The molecule has 0 aliphatic heterocycles. The van der Waals surface area contributed by atoms with Crippen LogP contribution in [0.2, 0.25) is 0 Å². The van der Waals surface area contributed by atoms with Gasteiger partial charge in [-0.2, -0.15) is 0 Å². The summed E-state index contributed by atoms with van der Waals surface area (Å²) in [6, 6.07) is 0. The topological polar surface area (TPSA) is 71.4 Å². The molecule has 40 valence electrons. The molecule has 0 amide bonds. The molecule has 0 heterocycles. The fraction of sp³-hybridized carbons (Fsp3) is 0.500. The van der Waals surface area contributed by atoms with Gasteiger partial charge in [-0.05, 0) is 0 Å². The normalized spacial score (nSPS) is 4.71. The van der Waals surface area contributed by atoms with Crippen molar-refractivity contribution in [1.82, 2.24) is 0 Å². The van der Waals surface area contributed by atoms with Gasteiger partial charge in [-0.25, -0.2) is 0 Å².